The molecular weight excluding hydrogens is 399 g/mol. The summed E-state index contributed by atoms with van der Waals surface area (Å²) in [7, 11) is -4.08. The summed E-state index contributed by atoms with van der Waals surface area (Å²) in [6.07, 6.45) is 0.340. The molecule has 0 saturated heterocycles. The standard InChI is InChI=1S/C19H23N2O7P/c1-4-14(2)26-19(22)15(3)20-29(25,27-17-8-6-5-7-9-17)28-18-12-10-16(11-13-18)21(23)24/h5-15H,4H2,1-3H3,(H,20,25)/t14?,15-,29+/m0/s1. The van der Waals surface area contributed by atoms with E-state index in [1.54, 1.807) is 37.3 Å². The number of nitrogens with one attached hydrogen (secondary N) is 1. The number of nitro benzene ring substituents is 1. The van der Waals surface area contributed by atoms with E-state index >= 15 is 0 Å². The van der Waals surface area contributed by atoms with Crippen molar-refractivity contribution in [3.63, 3.8) is 0 Å². The Balaban J connectivity index is 2.22. The Labute approximate surface area is 168 Å². The molecule has 2 aromatic rings. The number of carbonyl (C=O) groups is 1. The average Bonchev–Trinajstić information content (AvgIpc) is 2.68. The van der Waals surface area contributed by atoms with Gasteiger partial charge in [0.15, 0.2) is 0 Å². The monoisotopic (exact) mass is 422 g/mol. The van der Waals surface area contributed by atoms with Gasteiger partial charge < -0.3 is 13.8 Å². The molecule has 2 aromatic carbocycles. The Bertz CT molecular complexity index is 874. The Morgan fingerprint density at radius 3 is 2.14 bits per heavy atom. The van der Waals surface area contributed by atoms with Gasteiger partial charge in [0, 0.05) is 12.1 Å². The van der Waals surface area contributed by atoms with Crippen LogP contribution in [-0.2, 0) is 14.1 Å². The maximum Gasteiger partial charge on any atom is 0.513 e. The highest BCUT2D eigenvalue weighted by Gasteiger charge is 2.34. The number of nitrogens with zero attached hydrogens (tertiary/aromatic N) is 1. The van der Waals surface area contributed by atoms with Gasteiger partial charge in [-0.2, -0.15) is 5.09 Å². The van der Waals surface area contributed by atoms with E-state index in [4.69, 9.17) is 13.8 Å². The maximum atomic E-state index is 13.3. The Hall–Kier alpha value is -2.90. The lowest BCUT2D eigenvalue weighted by molar-refractivity contribution is -0.384. The molecule has 3 atom stereocenters. The van der Waals surface area contributed by atoms with Gasteiger partial charge in [0.25, 0.3) is 5.69 Å². The topological polar surface area (TPSA) is 117 Å². The fourth-order valence-corrected chi connectivity index (χ4v) is 3.65. The van der Waals surface area contributed by atoms with Crippen LogP contribution in [-0.4, -0.2) is 23.0 Å². The third-order valence-electron chi connectivity index (χ3n) is 3.84. The highest BCUT2D eigenvalue weighted by molar-refractivity contribution is 7.52. The Kier molecular flexibility index (Phi) is 7.75. The molecule has 0 amide bonds. The van der Waals surface area contributed by atoms with Crippen molar-refractivity contribution < 1.29 is 28.1 Å². The zero-order valence-electron chi connectivity index (χ0n) is 16.3. The van der Waals surface area contributed by atoms with E-state index in [2.05, 4.69) is 5.09 Å². The van der Waals surface area contributed by atoms with E-state index in [1.807, 2.05) is 6.92 Å². The summed E-state index contributed by atoms with van der Waals surface area (Å²) in [5.41, 5.74) is -0.144. The predicted molar refractivity (Wildman–Crippen MR) is 107 cm³/mol. The molecule has 0 spiro atoms. The second-order valence-electron chi connectivity index (χ2n) is 6.25. The van der Waals surface area contributed by atoms with Crippen LogP contribution in [0.3, 0.4) is 0 Å². The molecule has 0 aliphatic carbocycles. The minimum atomic E-state index is -4.08. The molecule has 29 heavy (non-hydrogen) atoms. The van der Waals surface area contributed by atoms with Crippen LogP contribution in [0.2, 0.25) is 0 Å². The highest BCUT2D eigenvalue weighted by atomic mass is 31.2. The molecule has 156 valence electrons. The minimum absolute atomic E-state index is 0.0739. The third-order valence-corrected chi connectivity index (χ3v) is 5.45. The van der Waals surface area contributed by atoms with Gasteiger partial charge >= 0.3 is 13.7 Å². The fourth-order valence-electron chi connectivity index (χ4n) is 2.13. The molecule has 0 saturated carbocycles. The van der Waals surface area contributed by atoms with Crippen molar-refractivity contribution in [3.05, 3.63) is 64.7 Å². The lowest BCUT2D eigenvalue weighted by Crippen LogP contribution is -2.37. The first-order valence-corrected chi connectivity index (χ1v) is 10.5. The van der Waals surface area contributed by atoms with Crippen molar-refractivity contribution in [1.82, 2.24) is 5.09 Å². The molecule has 2 rings (SSSR count). The summed E-state index contributed by atoms with van der Waals surface area (Å²) in [6.45, 7) is 5.10. The minimum Gasteiger partial charge on any atom is -0.462 e. The van der Waals surface area contributed by atoms with Gasteiger partial charge in [-0.15, -0.1) is 0 Å². The highest BCUT2D eigenvalue weighted by Crippen LogP contribution is 2.45. The number of hydrogen-bond acceptors (Lipinski definition) is 7. The normalized spacial score (nSPS) is 14.9. The molecule has 0 aliphatic heterocycles. The van der Waals surface area contributed by atoms with Crippen molar-refractivity contribution in [2.24, 2.45) is 0 Å². The van der Waals surface area contributed by atoms with E-state index in [0.29, 0.717) is 6.42 Å². The van der Waals surface area contributed by atoms with Gasteiger partial charge in [0.05, 0.1) is 11.0 Å². The maximum absolute atomic E-state index is 13.3. The number of non-ortho nitro benzene ring substituents is 1. The van der Waals surface area contributed by atoms with Crippen LogP contribution in [0.15, 0.2) is 54.6 Å². The number of hydrogen-bond donors (Lipinski definition) is 1. The number of benzene rings is 2. The second-order valence-corrected chi connectivity index (χ2v) is 7.87. The zero-order chi connectivity index (χ0) is 21.4. The first kappa shape index (κ1) is 22.4. The van der Waals surface area contributed by atoms with Crippen molar-refractivity contribution in [2.75, 3.05) is 0 Å². The van der Waals surface area contributed by atoms with Crippen LogP contribution in [0.25, 0.3) is 0 Å². The quantitative estimate of drug-likeness (QED) is 0.258. The van der Waals surface area contributed by atoms with Crippen LogP contribution in [0.5, 0.6) is 11.5 Å². The summed E-state index contributed by atoms with van der Waals surface area (Å²) in [4.78, 5) is 22.5. The smallest absolute Gasteiger partial charge is 0.462 e. The second kappa shape index (κ2) is 10.0. The summed E-state index contributed by atoms with van der Waals surface area (Å²) in [6, 6.07) is 12.3. The molecule has 1 N–H and O–H groups in total. The number of ether oxygens (including phenoxy) is 1. The van der Waals surface area contributed by atoms with Crippen molar-refractivity contribution in [3.8, 4) is 11.5 Å². The number of rotatable bonds is 10. The number of carbonyl (C=O) groups excluding carboxylic acids is 1. The molecule has 10 heteroatoms. The van der Waals surface area contributed by atoms with E-state index in [-0.39, 0.29) is 23.3 Å². The van der Waals surface area contributed by atoms with Gasteiger partial charge in [0.1, 0.15) is 17.5 Å². The van der Waals surface area contributed by atoms with Crippen molar-refractivity contribution in [1.29, 1.82) is 0 Å². The largest absolute Gasteiger partial charge is 0.513 e. The summed E-state index contributed by atoms with van der Waals surface area (Å²) in [5.74, 6) is -0.277. The lowest BCUT2D eigenvalue weighted by atomic mass is 10.3. The number of esters is 1. The fraction of sp³-hybridized carbons (Fsp3) is 0.316. The Morgan fingerprint density at radius 1 is 1.07 bits per heavy atom. The van der Waals surface area contributed by atoms with Crippen molar-refractivity contribution >= 4 is 19.4 Å². The van der Waals surface area contributed by atoms with Gasteiger partial charge in [-0.3, -0.25) is 14.9 Å². The molecular formula is C19H23N2O7P. The third kappa shape index (κ3) is 6.89. The first-order chi connectivity index (χ1) is 13.7. The van der Waals surface area contributed by atoms with Crippen LogP contribution >= 0.6 is 7.75 Å². The SMILES string of the molecule is CCC(C)OC(=O)[C@H](C)N[P@@](=O)(Oc1ccccc1)Oc1ccc([N+](=O)[O-])cc1. The molecule has 0 radical (unpaired) electrons. The van der Waals surface area contributed by atoms with Gasteiger partial charge in [-0.25, -0.2) is 4.57 Å². The summed E-state index contributed by atoms with van der Waals surface area (Å²) >= 11 is 0. The van der Waals surface area contributed by atoms with Crippen LogP contribution < -0.4 is 14.1 Å². The van der Waals surface area contributed by atoms with E-state index in [1.165, 1.54) is 31.2 Å². The molecule has 1 unspecified atom stereocenters. The van der Waals surface area contributed by atoms with Gasteiger partial charge in [-0.1, -0.05) is 25.1 Å². The first-order valence-electron chi connectivity index (χ1n) is 8.99. The zero-order valence-corrected chi connectivity index (χ0v) is 17.2. The van der Waals surface area contributed by atoms with Crippen molar-refractivity contribution in [2.45, 2.75) is 39.3 Å². The summed E-state index contributed by atoms with van der Waals surface area (Å²) < 4.78 is 29.6. The van der Waals surface area contributed by atoms with Gasteiger partial charge in [-0.05, 0) is 44.5 Å². The molecule has 0 bridgehead atoms. The van der Waals surface area contributed by atoms with Gasteiger partial charge in [0.2, 0.25) is 0 Å². The predicted octanol–water partition coefficient (Wildman–Crippen LogP) is 4.48. The van der Waals surface area contributed by atoms with E-state index < -0.39 is 24.7 Å². The molecule has 0 heterocycles. The number of nitro groups is 1. The van der Waals surface area contributed by atoms with Crippen LogP contribution in [0.1, 0.15) is 27.2 Å². The van der Waals surface area contributed by atoms with E-state index in [0.717, 1.165) is 0 Å². The van der Waals surface area contributed by atoms with E-state index in [9.17, 15) is 19.5 Å². The van der Waals surface area contributed by atoms with Crippen LogP contribution in [0, 0.1) is 10.1 Å². The molecule has 9 nitrogen and oxygen atoms in total. The Morgan fingerprint density at radius 2 is 1.62 bits per heavy atom. The average molecular weight is 422 g/mol. The lowest BCUT2D eigenvalue weighted by Gasteiger charge is -2.23. The molecule has 0 fully saturated rings. The summed E-state index contributed by atoms with van der Waals surface area (Å²) in [5, 5.41) is 13.4. The molecule has 0 aromatic heterocycles. The molecule has 0 aliphatic rings. The van der Waals surface area contributed by atoms with Crippen LogP contribution in [0.4, 0.5) is 5.69 Å². The number of para-hydroxylation sites is 1.